The molecule has 4 aromatic rings. The van der Waals surface area contributed by atoms with E-state index in [2.05, 4.69) is 18.8 Å². The van der Waals surface area contributed by atoms with Gasteiger partial charge < -0.3 is 4.90 Å². The maximum absolute atomic E-state index is 13.1. The number of carbonyl (C=O) groups excluding carboxylic acids is 1. The van der Waals surface area contributed by atoms with Crippen LogP contribution in [0.25, 0.3) is 16.7 Å². The van der Waals surface area contributed by atoms with Crippen LogP contribution in [-0.4, -0.2) is 59.3 Å². The van der Waals surface area contributed by atoms with Crippen LogP contribution in [0.1, 0.15) is 42.1 Å². The fraction of sp³-hybridized carbons (Fsp3) is 0.286. The third-order valence-electron chi connectivity index (χ3n) is 7.07. The lowest BCUT2D eigenvalue weighted by Crippen LogP contribution is -2.50. The normalized spacial score (nSPS) is 15.8. The topological polar surface area (TPSA) is 75.5 Å². The van der Waals surface area contributed by atoms with Gasteiger partial charge in [-0.2, -0.15) is 4.31 Å². The standard InChI is InChI=1S/C28H30N4O3S/c1-3-21(2)22-10-14-25(15-11-22)36(34,35)31-18-16-30(17-19-31)28(33)23-8-12-24(13-9-23)32-20-29-26-6-4-5-7-27(26)32/h4-15,20-21H,3,16-19H2,1-2H3/t21-/m1/s1. The first-order valence-electron chi connectivity index (χ1n) is 12.3. The molecular weight excluding hydrogens is 472 g/mol. The number of sulfonamides is 1. The quantitative estimate of drug-likeness (QED) is 0.384. The van der Waals surface area contributed by atoms with E-state index in [1.807, 2.05) is 65.2 Å². The number of fused-ring (bicyclic) bond motifs is 1. The maximum Gasteiger partial charge on any atom is 0.253 e. The van der Waals surface area contributed by atoms with Gasteiger partial charge in [-0.25, -0.2) is 13.4 Å². The highest BCUT2D eigenvalue weighted by molar-refractivity contribution is 7.89. The lowest BCUT2D eigenvalue weighted by molar-refractivity contribution is 0.0698. The lowest BCUT2D eigenvalue weighted by Gasteiger charge is -2.34. The lowest BCUT2D eigenvalue weighted by atomic mass is 9.99. The second-order valence-corrected chi connectivity index (χ2v) is 11.2. The highest BCUT2D eigenvalue weighted by Gasteiger charge is 2.30. The summed E-state index contributed by atoms with van der Waals surface area (Å²) in [6.45, 7) is 5.52. The van der Waals surface area contributed by atoms with Gasteiger partial charge in [-0.1, -0.05) is 38.1 Å². The van der Waals surface area contributed by atoms with Crippen LogP contribution in [0.2, 0.25) is 0 Å². The average Bonchev–Trinajstić information content (AvgIpc) is 3.37. The molecule has 3 aromatic carbocycles. The molecule has 8 heteroatoms. The van der Waals surface area contributed by atoms with E-state index in [1.165, 1.54) is 4.31 Å². The van der Waals surface area contributed by atoms with Crippen molar-refractivity contribution in [2.75, 3.05) is 26.2 Å². The summed E-state index contributed by atoms with van der Waals surface area (Å²) < 4.78 is 29.7. The highest BCUT2D eigenvalue weighted by atomic mass is 32.2. The zero-order valence-corrected chi connectivity index (χ0v) is 21.4. The molecule has 0 spiro atoms. The van der Waals surface area contributed by atoms with Crippen LogP contribution in [0.5, 0.6) is 0 Å². The molecule has 7 nitrogen and oxygen atoms in total. The van der Waals surface area contributed by atoms with Crippen LogP contribution >= 0.6 is 0 Å². The molecule has 0 N–H and O–H groups in total. The molecule has 0 unspecified atom stereocenters. The summed E-state index contributed by atoms with van der Waals surface area (Å²) in [6.07, 6.45) is 2.78. The molecule has 0 saturated carbocycles. The predicted octanol–water partition coefficient (Wildman–Crippen LogP) is 4.69. The van der Waals surface area contributed by atoms with Crippen LogP contribution in [0.4, 0.5) is 0 Å². The zero-order chi connectivity index (χ0) is 25.3. The van der Waals surface area contributed by atoms with Crippen LogP contribution < -0.4 is 0 Å². The van der Waals surface area contributed by atoms with E-state index in [9.17, 15) is 13.2 Å². The van der Waals surface area contributed by atoms with E-state index < -0.39 is 10.0 Å². The SMILES string of the molecule is CC[C@@H](C)c1ccc(S(=O)(=O)N2CCN(C(=O)c3ccc(-n4cnc5ccccc54)cc3)CC2)cc1. The van der Waals surface area contributed by atoms with Gasteiger partial charge in [0.25, 0.3) is 5.91 Å². The molecule has 1 saturated heterocycles. The Kier molecular flexibility index (Phi) is 6.64. The van der Waals surface area contributed by atoms with E-state index in [0.717, 1.165) is 28.7 Å². The van der Waals surface area contributed by atoms with Gasteiger partial charge in [0.1, 0.15) is 6.33 Å². The van der Waals surface area contributed by atoms with Crippen LogP contribution in [-0.2, 0) is 10.0 Å². The summed E-state index contributed by atoms with van der Waals surface area (Å²) in [5.74, 6) is 0.302. The molecular formula is C28H30N4O3S. The molecule has 1 aliphatic rings. The number of piperazine rings is 1. The summed E-state index contributed by atoms with van der Waals surface area (Å²) in [6, 6.07) is 22.5. The number of carbonyl (C=O) groups is 1. The zero-order valence-electron chi connectivity index (χ0n) is 20.5. The number of nitrogens with zero attached hydrogens (tertiary/aromatic N) is 4. The summed E-state index contributed by atoms with van der Waals surface area (Å²) in [5.41, 5.74) is 4.56. The number of para-hydroxylation sites is 2. The van der Waals surface area contributed by atoms with Crippen molar-refractivity contribution in [3.8, 4) is 5.69 Å². The summed E-state index contributed by atoms with van der Waals surface area (Å²) in [5, 5.41) is 0. The van der Waals surface area contributed by atoms with Gasteiger partial charge in [0, 0.05) is 37.4 Å². The third kappa shape index (κ3) is 4.54. The second kappa shape index (κ2) is 9.87. The number of amides is 1. The molecule has 1 fully saturated rings. The van der Waals surface area contributed by atoms with Gasteiger partial charge in [-0.15, -0.1) is 0 Å². The van der Waals surface area contributed by atoms with Crippen molar-refractivity contribution in [3.63, 3.8) is 0 Å². The Balaban J connectivity index is 1.24. The second-order valence-electron chi connectivity index (χ2n) is 9.22. The minimum Gasteiger partial charge on any atom is -0.336 e. The number of aromatic nitrogens is 2. The fourth-order valence-electron chi connectivity index (χ4n) is 4.60. The van der Waals surface area contributed by atoms with E-state index in [0.29, 0.717) is 29.5 Å². The molecule has 0 radical (unpaired) electrons. The van der Waals surface area contributed by atoms with Crippen molar-refractivity contribution in [2.45, 2.75) is 31.1 Å². The first kappa shape index (κ1) is 24.2. The monoisotopic (exact) mass is 502 g/mol. The van der Waals surface area contributed by atoms with E-state index in [1.54, 1.807) is 23.4 Å². The Morgan fingerprint density at radius 1 is 0.917 bits per heavy atom. The van der Waals surface area contributed by atoms with Gasteiger partial charge >= 0.3 is 0 Å². The van der Waals surface area contributed by atoms with Crippen molar-refractivity contribution < 1.29 is 13.2 Å². The highest BCUT2D eigenvalue weighted by Crippen LogP contribution is 2.24. The minimum absolute atomic E-state index is 0.0907. The Hall–Kier alpha value is -3.49. The summed E-state index contributed by atoms with van der Waals surface area (Å²) in [4.78, 5) is 19.6. The van der Waals surface area contributed by atoms with Crippen LogP contribution in [0.3, 0.4) is 0 Å². The maximum atomic E-state index is 13.1. The number of hydrogen-bond acceptors (Lipinski definition) is 4. The number of rotatable bonds is 6. The number of benzene rings is 3. The first-order chi connectivity index (χ1) is 17.4. The van der Waals surface area contributed by atoms with Gasteiger partial charge in [0.15, 0.2) is 0 Å². The molecule has 1 atom stereocenters. The smallest absolute Gasteiger partial charge is 0.253 e. The Morgan fingerprint density at radius 3 is 2.25 bits per heavy atom. The summed E-state index contributed by atoms with van der Waals surface area (Å²) >= 11 is 0. The van der Waals surface area contributed by atoms with E-state index >= 15 is 0 Å². The third-order valence-corrected chi connectivity index (χ3v) is 8.98. The van der Waals surface area contributed by atoms with Gasteiger partial charge in [0.05, 0.1) is 15.9 Å². The molecule has 186 valence electrons. The van der Waals surface area contributed by atoms with Crippen LogP contribution in [0.15, 0.2) is 84.0 Å². The van der Waals surface area contributed by atoms with E-state index in [-0.39, 0.29) is 19.0 Å². The minimum atomic E-state index is -3.59. The Labute approximate surface area is 212 Å². The number of hydrogen-bond donors (Lipinski definition) is 0. The molecule has 1 aliphatic heterocycles. The number of imidazole rings is 1. The Bertz CT molecular complexity index is 1470. The van der Waals surface area contributed by atoms with Crippen molar-refractivity contribution in [1.29, 1.82) is 0 Å². The van der Waals surface area contributed by atoms with Gasteiger partial charge in [-0.3, -0.25) is 9.36 Å². The van der Waals surface area contributed by atoms with Crippen LogP contribution in [0, 0.1) is 0 Å². The molecule has 0 aliphatic carbocycles. The molecule has 1 amide bonds. The van der Waals surface area contributed by atoms with Gasteiger partial charge in [0.2, 0.25) is 10.0 Å². The largest absolute Gasteiger partial charge is 0.336 e. The first-order valence-corrected chi connectivity index (χ1v) is 13.7. The van der Waals surface area contributed by atoms with Crippen molar-refractivity contribution in [2.24, 2.45) is 0 Å². The predicted molar refractivity (Wildman–Crippen MR) is 141 cm³/mol. The molecule has 0 bridgehead atoms. The van der Waals surface area contributed by atoms with Gasteiger partial charge in [-0.05, 0) is 66.4 Å². The van der Waals surface area contributed by atoms with Crippen molar-refractivity contribution in [3.05, 3.63) is 90.3 Å². The summed E-state index contributed by atoms with van der Waals surface area (Å²) in [7, 11) is -3.59. The molecule has 2 heterocycles. The molecule has 36 heavy (non-hydrogen) atoms. The Morgan fingerprint density at radius 2 is 1.58 bits per heavy atom. The van der Waals surface area contributed by atoms with Crippen molar-refractivity contribution >= 4 is 27.0 Å². The molecule has 1 aromatic heterocycles. The van der Waals surface area contributed by atoms with Crippen molar-refractivity contribution in [1.82, 2.24) is 18.8 Å². The molecule has 5 rings (SSSR count). The average molecular weight is 503 g/mol. The van der Waals surface area contributed by atoms with E-state index in [4.69, 9.17) is 0 Å². The fourth-order valence-corrected chi connectivity index (χ4v) is 6.02.